The number of carbonyl (C=O) groups is 2. The lowest BCUT2D eigenvalue weighted by atomic mass is 10.1. The Morgan fingerprint density at radius 1 is 0.968 bits per heavy atom. The van der Waals surface area contributed by atoms with Gasteiger partial charge in [0.1, 0.15) is 11.6 Å². The van der Waals surface area contributed by atoms with Crippen LogP contribution in [0.4, 0.5) is 15.8 Å². The summed E-state index contributed by atoms with van der Waals surface area (Å²) in [7, 11) is 1.75. The topological polar surface area (TPSA) is 88.9 Å². The van der Waals surface area contributed by atoms with Crippen molar-refractivity contribution in [3.8, 4) is 0 Å². The van der Waals surface area contributed by atoms with E-state index < -0.39 is 0 Å². The number of aryl methyl sites for hydroxylation is 3. The highest BCUT2D eigenvalue weighted by Crippen LogP contribution is 2.20. The van der Waals surface area contributed by atoms with E-state index in [0.717, 1.165) is 16.8 Å². The summed E-state index contributed by atoms with van der Waals surface area (Å²) in [5.74, 6) is -0.169. The first kappa shape index (κ1) is 22.5. The van der Waals surface area contributed by atoms with E-state index in [1.807, 2.05) is 32.0 Å². The molecule has 162 valence electrons. The van der Waals surface area contributed by atoms with Gasteiger partial charge in [-0.25, -0.2) is 4.39 Å². The quantitative estimate of drug-likeness (QED) is 0.545. The van der Waals surface area contributed by atoms with Crippen LogP contribution in [0.1, 0.15) is 22.5 Å². The molecule has 1 aromatic heterocycles. The Balaban J connectivity index is 1.56. The van der Waals surface area contributed by atoms with Crippen LogP contribution in [0.3, 0.4) is 0 Å². The molecule has 0 atom stereocenters. The van der Waals surface area contributed by atoms with Gasteiger partial charge in [0.05, 0.1) is 12.2 Å². The Hall–Kier alpha value is -3.20. The van der Waals surface area contributed by atoms with Crippen LogP contribution in [0.2, 0.25) is 0 Å². The molecule has 3 aromatic rings. The molecule has 0 aliphatic rings. The molecular weight excluding hydrogens is 417 g/mol. The first-order valence-electron chi connectivity index (χ1n) is 9.67. The fourth-order valence-corrected chi connectivity index (χ4v) is 3.65. The van der Waals surface area contributed by atoms with Crippen molar-refractivity contribution in [3.05, 3.63) is 64.7 Å². The Morgan fingerprint density at radius 3 is 2.45 bits per heavy atom. The van der Waals surface area contributed by atoms with Gasteiger partial charge in [-0.05, 0) is 61.7 Å². The van der Waals surface area contributed by atoms with E-state index in [-0.39, 0.29) is 29.8 Å². The molecule has 3 rings (SSSR count). The molecule has 0 saturated carbocycles. The molecule has 2 amide bonds. The number of nitrogens with one attached hydrogen (secondary N) is 2. The number of nitrogens with zero attached hydrogens (tertiary/aromatic N) is 3. The molecule has 0 spiro atoms. The van der Waals surface area contributed by atoms with Crippen LogP contribution < -0.4 is 10.6 Å². The zero-order valence-corrected chi connectivity index (χ0v) is 18.6. The number of anilines is 2. The first-order valence-corrected chi connectivity index (χ1v) is 10.7. The predicted octanol–water partition coefficient (Wildman–Crippen LogP) is 3.79. The van der Waals surface area contributed by atoms with Gasteiger partial charge in [-0.3, -0.25) is 9.59 Å². The number of rotatable bonds is 7. The standard InChI is InChI=1S/C22H24FN5O2S/c1-13-5-6-14(2)18(9-13)25-20(29)11-19-26-27-22(28(19)4)31-12-21(30)24-17-8-7-16(23)10-15(17)3/h5-10H,11-12H2,1-4H3,(H,24,30)(H,25,29). The second kappa shape index (κ2) is 9.74. The Kier molecular flexibility index (Phi) is 7.06. The average Bonchev–Trinajstić information content (AvgIpc) is 3.05. The highest BCUT2D eigenvalue weighted by molar-refractivity contribution is 7.99. The number of hydrogen-bond acceptors (Lipinski definition) is 5. The maximum atomic E-state index is 13.2. The maximum Gasteiger partial charge on any atom is 0.234 e. The van der Waals surface area contributed by atoms with Crippen molar-refractivity contribution < 1.29 is 14.0 Å². The van der Waals surface area contributed by atoms with Gasteiger partial charge in [0.25, 0.3) is 0 Å². The van der Waals surface area contributed by atoms with E-state index in [9.17, 15) is 14.0 Å². The minimum atomic E-state index is -0.349. The molecule has 7 nitrogen and oxygen atoms in total. The number of aromatic nitrogens is 3. The van der Waals surface area contributed by atoms with Gasteiger partial charge in [0, 0.05) is 18.4 Å². The van der Waals surface area contributed by atoms with E-state index in [0.29, 0.717) is 22.2 Å². The summed E-state index contributed by atoms with van der Waals surface area (Å²) in [6.45, 7) is 5.63. The summed E-state index contributed by atoms with van der Waals surface area (Å²) in [6.07, 6.45) is 0.0679. The van der Waals surface area contributed by atoms with Crippen LogP contribution in [0.25, 0.3) is 0 Å². The Labute approximate surface area is 184 Å². The second-order valence-corrected chi connectivity index (χ2v) is 8.24. The molecule has 0 aliphatic heterocycles. The van der Waals surface area contributed by atoms with E-state index in [1.54, 1.807) is 18.5 Å². The van der Waals surface area contributed by atoms with Gasteiger partial charge in [0.15, 0.2) is 5.16 Å². The summed E-state index contributed by atoms with van der Waals surface area (Å²) < 4.78 is 14.9. The predicted molar refractivity (Wildman–Crippen MR) is 120 cm³/mol. The molecule has 0 unspecified atom stereocenters. The highest BCUT2D eigenvalue weighted by atomic mass is 32.2. The monoisotopic (exact) mass is 441 g/mol. The third-order valence-electron chi connectivity index (χ3n) is 4.71. The highest BCUT2D eigenvalue weighted by Gasteiger charge is 2.15. The lowest BCUT2D eigenvalue weighted by Gasteiger charge is -2.09. The van der Waals surface area contributed by atoms with E-state index in [1.165, 1.54) is 30.0 Å². The summed E-state index contributed by atoms with van der Waals surface area (Å²) >= 11 is 1.21. The molecule has 31 heavy (non-hydrogen) atoms. The minimum Gasteiger partial charge on any atom is -0.325 e. The smallest absolute Gasteiger partial charge is 0.234 e. The van der Waals surface area contributed by atoms with Gasteiger partial charge in [-0.15, -0.1) is 10.2 Å². The average molecular weight is 442 g/mol. The van der Waals surface area contributed by atoms with Crippen molar-refractivity contribution in [1.29, 1.82) is 0 Å². The van der Waals surface area contributed by atoms with Crippen molar-refractivity contribution in [3.63, 3.8) is 0 Å². The molecule has 0 saturated heterocycles. The van der Waals surface area contributed by atoms with E-state index in [2.05, 4.69) is 20.8 Å². The van der Waals surface area contributed by atoms with E-state index >= 15 is 0 Å². The number of amides is 2. The van der Waals surface area contributed by atoms with Crippen LogP contribution in [0, 0.1) is 26.6 Å². The number of halogens is 1. The SMILES string of the molecule is Cc1ccc(C)c(NC(=O)Cc2nnc(SCC(=O)Nc3ccc(F)cc3C)n2C)c1. The Bertz CT molecular complexity index is 1130. The van der Waals surface area contributed by atoms with Crippen LogP contribution in [0.15, 0.2) is 41.6 Å². The van der Waals surface area contributed by atoms with Crippen LogP contribution in [0.5, 0.6) is 0 Å². The van der Waals surface area contributed by atoms with Gasteiger partial charge < -0.3 is 15.2 Å². The summed E-state index contributed by atoms with van der Waals surface area (Å²) in [4.78, 5) is 24.7. The van der Waals surface area contributed by atoms with Gasteiger partial charge >= 0.3 is 0 Å². The molecule has 0 fully saturated rings. The molecule has 0 radical (unpaired) electrons. The summed E-state index contributed by atoms with van der Waals surface area (Å²) in [5.41, 5.74) is 4.03. The molecule has 9 heteroatoms. The minimum absolute atomic E-state index is 0.0679. The molecule has 2 aromatic carbocycles. The maximum absolute atomic E-state index is 13.2. The van der Waals surface area contributed by atoms with Crippen LogP contribution in [-0.2, 0) is 23.1 Å². The zero-order valence-electron chi connectivity index (χ0n) is 17.8. The molecular formula is C22H24FN5O2S. The molecule has 0 bridgehead atoms. The van der Waals surface area contributed by atoms with Gasteiger partial charge in [-0.2, -0.15) is 0 Å². The van der Waals surface area contributed by atoms with Gasteiger partial charge in [0.2, 0.25) is 11.8 Å². The van der Waals surface area contributed by atoms with Crippen molar-refractivity contribution in [2.75, 3.05) is 16.4 Å². The number of hydrogen-bond donors (Lipinski definition) is 2. The van der Waals surface area contributed by atoms with E-state index in [4.69, 9.17) is 0 Å². The summed E-state index contributed by atoms with van der Waals surface area (Å²) in [5, 5.41) is 14.4. The van der Waals surface area contributed by atoms with Crippen LogP contribution >= 0.6 is 11.8 Å². The molecule has 2 N–H and O–H groups in total. The largest absolute Gasteiger partial charge is 0.325 e. The third-order valence-corrected chi connectivity index (χ3v) is 5.73. The zero-order chi connectivity index (χ0) is 22.5. The Morgan fingerprint density at radius 2 is 1.71 bits per heavy atom. The third kappa shape index (κ3) is 5.91. The van der Waals surface area contributed by atoms with Gasteiger partial charge in [-0.1, -0.05) is 23.9 Å². The van der Waals surface area contributed by atoms with Crippen molar-refractivity contribution in [2.45, 2.75) is 32.3 Å². The van der Waals surface area contributed by atoms with Crippen molar-refractivity contribution in [1.82, 2.24) is 14.8 Å². The number of benzene rings is 2. The lowest BCUT2D eigenvalue weighted by Crippen LogP contribution is -2.18. The number of thioether (sulfide) groups is 1. The second-order valence-electron chi connectivity index (χ2n) is 7.30. The fourth-order valence-electron chi connectivity index (χ4n) is 2.92. The lowest BCUT2D eigenvalue weighted by molar-refractivity contribution is -0.116. The fraction of sp³-hybridized carbons (Fsp3) is 0.273. The normalized spacial score (nSPS) is 10.7. The molecule has 0 aliphatic carbocycles. The molecule has 1 heterocycles. The van der Waals surface area contributed by atoms with Crippen molar-refractivity contribution in [2.24, 2.45) is 7.05 Å². The first-order chi connectivity index (χ1) is 14.7. The van der Waals surface area contributed by atoms with Crippen LogP contribution in [-0.4, -0.2) is 32.3 Å². The summed E-state index contributed by atoms with van der Waals surface area (Å²) in [6, 6.07) is 10.1. The number of carbonyl (C=O) groups excluding carboxylic acids is 2. The van der Waals surface area contributed by atoms with Crippen molar-refractivity contribution >= 4 is 35.0 Å².